The Labute approximate surface area is 92.0 Å². The average molecular weight is 214 g/mol. The van der Waals surface area contributed by atoms with E-state index in [0.29, 0.717) is 13.0 Å². The van der Waals surface area contributed by atoms with Gasteiger partial charge in [0, 0.05) is 32.0 Å². The minimum absolute atomic E-state index is 0.00217. The topological polar surface area (TPSA) is 49.4 Å². The SMILES string of the molecule is CCN(CC)C(=O)CCNC(=O)C(C)C. The quantitative estimate of drug-likeness (QED) is 0.717. The molecule has 1 N–H and O–H groups in total. The van der Waals surface area contributed by atoms with Crippen LogP contribution in [0.1, 0.15) is 34.1 Å². The lowest BCUT2D eigenvalue weighted by atomic mass is 10.2. The molecule has 0 radical (unpaired) electrons. The first-order valence-corrected chi connectivity index (χ1v) is 5.58. The highest BCUT2D eigenvalue weighted by molar-refractivity contribution is 5.80. The fraction of sp³-hybridized carbons (Fsp3) is 0.818. The number of nitrogens with one attached hydrogen (secondary N) is 1. The third-order valence-electron chi connectivity index (χ3n) is 2.28. The molecular formula is C11H22N2O2. The minimum Gasteiger partial charge on any atom is -0.355 e. The second-order valence-corrected chi connectivity index (χ2v) is 3.76. The summed E-state index contributed by atoms with van der Waals surface area (Å²) in [7, 11) is 0. The molecule has 0 atom stereocenters. The number of amides is 2. The highest BCUT2D eigenvalue weighted by Crippen LogP contribution is 1.94. The van der Waals surface area contributed by atoms with Gasteiger partial charge in [-0.2, -0.15) is 0 Å². The van der Waals surface area contributed by atoms with Crippen molar-refractivity contribution >= 4 is 11.8 Å². The normalized spacial score (nSPS) is 10.2. The Morgan fingerprint density at radius 2 is 1.73 bits per heavy atom. The smallest absolute Gasteiger partial charge is 0.224 e. The van der Waals surface area contributed by atoms with Gasteiger partial charge in [-0.1, -0.05) is 13.8 Å². The van der Waals surface area contributed by atoms with Crippen molar-refractivity contribution in [3.63, 3.8) is 0 Å². The number of rotatable bonds is 6. The van der Waals surface area contributed by atoms with Crippen LogP contribution >= 0.6 is 0 Å². The van der Waals surface area contributed by atoms with Crippen molar-refractivity contribution in [1.29, 1.82) is 0 Å². The van der Waals surface area contributed by atoms with E-state index in [2.05, 4.69) is 5.32 Å². The summed E-state index contributed by atoms with van der Waals surface area (Å²) in [5.41, 5.74) is 0. The first-order valence-electron chi connectivity index (χ1n) is 5.58. The van der Waals surface area contributed by atoms with Gasteiger partial charge in [0.1, 0.15) is 0 Å². The number of hydrogen-bond acceptors (Lipinski definition) is 2. The molecule has 0 unspecified atom stereocenters. The first kappa shape index (κ1) is 13.9. The third kappa shape index (κ3) is 5.40. The second kappa shape index (κ2) is 7.26. The average Bonchev–Trinajstić information content (AvgIpc) is 2.19. The van der Waals surface area contributed by atoms with E-state index >= 15 is 0 Å². The highest BCUT2D eigenvalue weighted by Gasteiger charge is 2.10. The van der Waals surface area contributed by atoms with Crippen LogP contribution in [0.4, 0.5) is 0 Å². The lowest BCUT2D eigenvalue weighted by molar-refractivity contribution is -0.130. The summed E-state index contributed by atoms with van der Waals surface area (Å²) in [6.45, 7) is 9.47. The Bertz CT molecular complexity index is 211. The molecule has 0 aromatic rings. The molecule has 0 aliphatic carbocycles. The van der Waals surface area contributed by atoms with Gasteiger partial charge in [0.05, 0.1) is 0 Å². The Balaban J connectivity index is 3.76. The third-order valence-corrected chi connectivity index (χ3v) is 2.28. The molecule has 0 bridgehead atoms. The zero-order valence-electron chi connectivity index (χ0n) is 10.2. The van der Waals surface area contributed by atoms with Gasteiger partial charge in [-0.05, 0) is 13.8 Å². The molecule has 2 amide bonds. The van der Waals surface area contributed by atoms with Crippen LogP contribution in [0.5, 0.6) is 0 Å². The Hall–Kier alpha value is -1.06. The molecule has 4 nitrogen and oxygen atoms in total. The molecule has 0 aliphatic rings. The summed E-state index contributed by atoms with van der Waals surface area (Å²) < 4.78 is 0. The van der Waals surface area contributed by atoms with Crippen molar-refractivity contribution < 1.29 is 9.59 Å². The van der Waals surface area contributed by atoms with E-state index in [1.54, 1.807) is 4.90 Å². The van der Waals surface area contributed by atoms with Gasteiger partial charge in [-0.15, -0.1) is 0 Å². The molecule has 0 aromatic heterocycles. The van der Waals surface area contributed by atoms with Crippen LogP contribution in [-0.4, -0.2) is 36.3 Å². The van der Waals surface area contributed by atoms with Gasteiger partial charge in [0.2, 0.25) is 11.8 Å². The fourth-order valence-corrected chi connectivity index (χ4v) is 1.23. The standard InChI is InChI=1S/C11H22N2O2/c1-5-13(6-2)10(14)7-8-12-11(15)9(3)4/h9H,5-8H2,1-4H3,(H,12,15). The maximum absolute atomic E-state index is 11.5. The van der Waals surface area contributed by atoms with Crippen LogP contribution in [-0.2, 0) is 9.59 Å². The van der Waals surface area contributed by atoms with E-state index in [9.17, 15) is 9.59 Å². The van der Waals surface area contributed by atoms with Crippen LogP contribution in [0.2, 0.25) is 0 Å². The lowest BCUT2D eigenvalue weighted by Gasteiger charge is -2.18. The van der Waals surface area contributed by atoms with E-state index in [1.165, 1.54) is 0 Å². The molecule has 88 valence electrons. The summed E-state index contributed by atoms with van der Waals surface area (Å²) in [6.07, 6.45) is 0.389. The molecule has 0 fully saturated rings. The number of carbonyl (C=O) groups is 2. The Morgan fingerprint density at radius 1 is 1.20 bits per heavy atom. The highest BCUT2D eigenvalue weighted by atomic mass is 16.2. The van der Waals surface area contributed by atoms with Crippen LogP contribution in [0, 0.1) is 5.92 Å². The van der Waals surface area contributed by atoms with E-state index in [-0.39, 0.29) is 17.7 Å². The molecule has 0 rings (SSSR count). The van der Waals surface area contributed by atoms with Gasteiger partial charge < -0.3 is 10.2 Å². The summed E-state index contributed by atoms with van der Waals surface area (Å²) in [5.74, 6) is 0.0833. The van der Waals surface area contributed by atoms with Crippen LogP contribution in [0.15, 0.2) is 0 Å². The number of nitrogens with zero attached hydrogens (tertiary/aromatic N) is 1. The number of carbonyl (C=O) groups excluding carboxylic acids is 2. The van der Waals surface area contributed by atoms with E-state index in [1.807, 2.05) is 27.7 Å². The van der Waals surface area contributed by atoms with Crippen molar-refractivity contribution in [2.24, 2.45) is 5.92 Å². The molecule has 0 spiro atoms. The van der Waals surface area contributed by atoms with Gasteiger partial charge in [0.15, 0.2) is 0 Å². The van der Waals surface area contributed by atoms with Crippen molar-refractivity contribution in [3.8, 4) is 0 Å². The molecule has 0 saturated carbocycles. The van der Waals surface area contributed by atoms with Gasteiger partial charge in [0.25, 0.3) is 0 Å². The molecule has 0 heterocycles. The first-order chi connectivity index (χ1) is 7.02. The summed E-state index contributed by atoms with van der Waals surface area (Å²) >= 11 is 0. The zero-order chi connectivity index (χ0) is 11.8. The molecular weight excluding hydrogens is 192 g/mol. The molecule has 4 heteroatoms. The second-order valence-electron chi connectivity index (χ2n) is 3.76. The van der Waals surface area contributed by atoms with E-state index in [0.717, 1.165) is 13.1 Å². The largest absolute Gasteiger partial charge is 0.355 e. The molecule has 15 heavy (non-hydrogen) atoms. The molecule has 0 aliphatic heterocycles. The molecule has 0 saturated heterocycles. The van der Waals surface area contributed by atoms with Gasteiger partial charge in [-0.3, -0.25) is 9.59 Å². The summed E-state index contributed by atoms with van der Waals surface area (Å²) in [4.78, 5) is 24.5. The fourth-order valence-electron chi connectivity index (χ4n) is 1.23. The maximum Gasteiger partial charge on any atom is 0.224 e. The maximum atomic E-state index is 11.5. The van der Waals surface area contributed by atoms with Crippen LogP contribution < -0.4 is 5.32 Å². The van der Waals surface area contributed by atoms with Crippen molar-refractivity contribution in [2.45, 2.75) is 34.1 Å². The lowest BCUT2D eigenvalue weighted by Crippen LogP contribution is -2.35. The van der Waals surface area contributed by atoms with Crippen molar-refractivity contribution in [2.75, 3.05) is 19.6 Å². The predicted molar refractivity (Wildman–Crippen MR) is 60.4 cm³/mol. The van der Waals surface area contributed by atoms with E-state index in [4.69, 9.17) is 0 Å². The Kier molecular flexibility index (Phi) is 6.75. The summed E-state index contributed by atoms with van der Waals surface area (Å²) in [5, 5.41) is 2.73. The predicted octanol–water partition coefficient (Wildman–Crippen LogP) is 1.02. The minimum atomic E-state index is -0.0199. The zero-order valence-corrected chi connectivity index (χ0v) is 10.2. The van der Waals surface area contributed by atoms with Crippen molar-refractivity contribution in [1.82, 2.24) is 10.2 Å². The van der Waals surface area contributed by atoms with Gasteiger partial charge in [-0.25, -0.2) is 0 Å². The summed E-state index contributed by atoms with van der Waals surface area (Å²) in [6, 6.07) is 0. The van der Waals surface area contributed by atoms with Gasteiger partial charge >= 0.3 is 0 Å². The van der Waals surface area contributed by atoms with E-state index < -0.39 is 0 Å². The van der Waals surface area contributed by atoms with Crippen LogP contribution in [0.25, 0.3) is 0 Å². The van der Waals surface area contributed by atoms with Crippen molar-refractivity contribution in [3.05, 3.63) is 0 Å². The molecule has 0 aromatic carbocycles. The van der Waals surface area contributed by atoms with Crippen LogP contribution in [0.3, 0.4) is 0 Å². The number of hydrogen-bond donors (Lipinski definition) is 1. The Morgan fingerprint density at radius 3 is 2.13 bits per heavy atom. The monoisotopic (exact) mass is 214 g/mol.